The number of fused-ring (bicyclic) bond motifs is 1. The molecule has 1 unspecified atom stereocenters. The molecule has 0 spiro atoms. The van der Waals surface area contributed by atoms with Crippen molar-refractivity contribution in [2.45, 2.75) is 6.04 Å². The second-order valence-electron chi connectivity index (χ2n) is 6.14. The molecule has 2 heterocycles. The van der Waals surface area contributed by atoms with Crippen LogP contribution in [0, 0.1) is 11.3 Å². The molecule has 25 heavy (non-hydrogen) atoms. The molecule has 0 bridgehead atoms. The lowest BCUT2D eigenvalue weighted by molar-refractivity contribution is 0.311. The van der Waals surface area contributed by atoms with Gasteiger partial charge in [0.05, 0.1) is 36.2 Å². The molecule has 5 heteroatoms. The van der Waals surface area contributed by atoms with Crippen LogP contribution in [0.1, 0.15) is 22.7 Å². The summed E-state index contributed by atoms with van der Waals surface area (Å²) in [5.74, 6) is 0.907. The average Bonchev–Trinajstić information content (AvgIpc) is 3.17. The van der Waals surface area contributed by atoms with Gasteiger partial charge in [-0.25, -0.2) is 4.98 Å². The first-order valence-electron chi connectivity index (χ1n) is 8.21. The van der Waals surface area contributed by atoms with Gasteiger partial charge in [0.15, 0.2) is 0 Å². The summed E-state index contributed by atoms with van der Waals surface area (Å²) in [6.07, 6.45) is 5.55. The van der Waals surface area contributed by atoms with Crippen LogP contribution in [0.4, 0.5) is 5.69 Å². The lowest BCUT2D eigenvalue weighted by Crippen LogP contribution is -2.28. The Morgan fingerprint density at radius 2 is 1.96 bits per heavy atom. The quantitative estimate of drug-likeness (QED) is 0.740. The molecule has 124 valence electrons. The molecule has 5 nitrogen and oxygen atoms in total. The molecule has 0 radical (unpaired) electrons. The Kier molecular flexibility index (Phi) is 3.87. The molecular weight excluding hydrogens is 312 g/mol. The van der Waals surface area contributed by atoms with Gasteiger partial charge in [-0.1, -0.05) is 18.2 Å². The second kappa shape index (κ2) is 6.33. The highest BCUT2D eigenvalue weighted by Gasteiger charge is 2.21. The maximum atomic E-state index is 9.04. The van der Waals surface area contributed by atoms with Crippen LogP contribution in [0.3, 0.4) is 0 Å². The molecule has 2 aromatic carbocycles. The predicted octanol–water partition coefficient (Wildman–Crippen LogP) is 3.22. The maximum Gasteiger partial charge on any atom is 0.143 e. The van der Waals surface area contributed by atoms with Crippen molar-refractivity contribution < 1.29 is 4.74 Å². The number of hydrogen-bond acceptors (Lipinski definition) is 4. The van der Waals surface area contributed by atoms with E-state index in [0.717, 1.165) is 29.1 Å². The molecular formula is C20H18N4O. The zero-order chi connectivity index (χ0) is 17.2. The highest BCUT2D eigenvalue weighted by Crippen LogP contribution is 2.36. The molecule has 4 rings (SSSR count). The van der Waals surface area contributed by atoms with Gasteiger partial charge in [-0.2, -0.15) is 5.26 Å². The fourth-order valence-electron chi connectivity index (χ4n) is 3.24. The monoisotopic (exact) mass is 330 g/mol. The summed E-state index contributed by atoms with van der Waals surface area (Å²) < 4.78 is 7.93. The van der Waals surface area contributed by atoms with E-state index in [4.69, 9.17) is 10.00 Å². The van der Waals surface area contributed by atoms with Crippen molar-refractivity contribution in [3.05, 3.63) is 77.9 Å². The molecule has 1 aliphatic heterocycles. The summed E-state index contributed by atoms with van der Waals surface area (Å²) in [7, 11) is 2.08. The average molecular weight is 330 g/mol. The number of benzene rings is 2. The minimum absolute atomic E-state index is 0.0172. The van der Waals surface area contributed by atoms with Crippen molar-refractivity contribution in [1.82, 2.24) is 9.55 Å². The highest BCUT2D eigenvalue weighted by molar-refractivity contribution is 5.61. The third-order valence-corrected chi connectivity index (χ3v) is 4.57. The number of nitriles is 1. The second-order valence-corrected chi connectivity index (χ2v) is 6.14. The van der Waals surface area contributed by atoms with Gasteiger partial charge in [0.25, 0.3) is 0 Å². The minimum Gasteiger partial charge on any atom is -0.490 e. The first-order chi connectivity index (χ1) is 12.3. The third kappa shape index (κ3) is 2.83. The van der Waals surface area contributed by atoms with Crippen LogP contribution in [0.25, 0.3) is 0 Å². The number of likely N-dealkylation sites (N-methyl/N-ethyl adjacent to an activating group) is 1. The Labute approximate surface area is 146 Å². The van der Waals surface area contributed by atoms with Gasteiger partial charge in [0, 0.05) is 19.4 Å². The van der Waals surface area contributed by atoms with Gasteiger partial charge in [0.1, 0.15) is 12.4 Å². The first-order valence-corrected chi connectivity index (χ1v) is 8.21. The third-order valence-electron chi connectivity index (χ3n) is 4.57. The zero-order valence-corrected chi connectivity index (χ0v) is 14.0. The molecule has 1 atom stereocenters. The molecule has 3 aromatic rings. The van der Waals surface area contributed by atoms with Gasteiger partial charge >= 0.3 is 0 Å². The summed E-state index contributed by atoms with van der Waals surface area (Å²) in [5, 5.41) is 9.04. The van der Waals surface area contributed by atoms with Crippen molar-refractivity contribution in [3.63, 3.8) is 0 Å². The lowest BCUT2D eigenvalue weighted by atomic mass is 9.96. The number of nitrogens with zero attached hydrogens (tertiary/aromatic N) is 4. The topological polar surface area (TPSA) is 54.1 Å². The Bertz CT molecular complexity index is 910. The van der Waals surface area contributed by atoms with E-state index < -0.39 is 0 Å². The van der Waals surface area contributed by atoms with Crippen LogP contribution < -0.4 is 9.64 Å². The number of aromatic nitrogens is 2. The van der Waals surface area contributed by atoms with Crippen LogP contribution in [0.5, 0.6) is 5.75 Å². The van der Waals surface area contributed by atoms with Crippen LogP contribution in [-0.2, 0) is 0 Å². The molecule has 0 N–H and O–H groups in total. The molecule has 1 aromatic heterocycles. The molecule has 0 aliphatic carbocycles. The molecule has 0 fully saturated rings. The van der Waals surface area contributed by atoms with Crippen molar-refractivity contribution in [3.8, 4) is 11.8 Å². The van der Waals surface area contributed by atoms with Gasteiger partial charge < -0.3 is 14.2 Å². The van der Waals surface area contributed by atoms with E-state index in [9.17, 15) is 0 Å². The normalized spacial score (nSPS) is 14.3. The smallest absolute Gasteiger partial charge is 0.143 e. The van der Waals surface area contributed by atoms with Crippen LogP contribution >= 0.6 is 0 Å². The summed E-state index contributed by atoms with van der Waals surface area (Å²) >= 11 is 0. The maximum absolute atomic E-state index is 9.04. The van der Waals surface area contributed by atoms with Gasteiger partial charge in [0.2, 0.25) is 0 Å². The molecule has 0 saturated carbocycles. The number of ether oxygens (including phenoxy) is 1. The molecule has 0 saturated heterocycles. The summed E-state index contributed by atoms with van der Waals surface area (Å²) in [4.78, 5) is 6.40. The van der Waals surface area contributed by atoms with Crippen LogP contribution in [-0.4, -0.2) is 29.8 Å². The number of imidazole rings is 1. The summed E-state index contributed by atoms with van der Waals surface area (Å²) in [6, 6.07) is 16.2. The van der Waals surface area contributed by atoms with Gasteiger partial charge in [-0.05, 0) is 35.4 Å². The number of anilines is 1. The largest absolute Gasteiger partial charge is 0.490 e. The van der Waals surface area contributed by atoms with Crippen molar-refractivity contribution >= 4 is 5.69 Å². The van der Waals surface area contributed by atoms with E-state index in [2.05, 4.69) is 45.8 Å². The van der Waals surface area contributed by atoms with E-state index in [1.54, 1.807) is 6.20 Å². The van der Waals surface area contributed by atoms with Gasteiger partial charge in [-0.3, -0.25) is 0 Å². The van der Waals surface area contributed by atoms with E-state index >= 15 is 0 Å². The van der Waals surface area contributed by atoms with E-state index in [-0.39, 0.29) is 6.04 Å². The zero-order valence-electron chi connectivity index (χ0n) is 14.0. The predicted molar refractivity (Wildman–Crippen MR) is 95.8 cm³/mol. The fraction of sp³-hybridized carbons (Fsp3) is 0.200. The van der Waals surface area contributed by atoms with E-state index in [1.807, 2.05) is 36.8 Å². The van der Waals surface area contributed by atoms with Crippen LogP contribution in [0.2, 0.25) is 0 Å². The minimum atomic E-state index is -0.0172. The highest BCUT2D eigenvalue weighted by atomic mass is 16.5. The Morgan fingerprint density at radius 1 is 1.16 bits per heavy atom. The van der Waals surface area contributed by atoms with E-state index in [0.29, 0.717) is 12.2 Å². The molecule has 0 amide bonds. The SMILES string of the molecule is CN1CCOc2cc(C(c3ccc(C#N)cc3)n3ccnc3)ccc21. The standard InChI is InChI=1S/C20H18N4O/c1-23-10-11-25-19-12-17(6-7-18(19)23)20(24-9-8-22-14-24)16-4-2-15(13-21)3-5-16/h2-9,12,14,20H,10-11H2,1H3. The van der Waals surface area contributed by atoms with Gasteiger partial charge in [-0.15, -0.1) is 0 Å². The number of rotatable bonds is 3. The Hall–Kier alpha value is -3.26. The van der Waals surface area contributed by atoms with Crippen LogP contribution in [0.15, 0.2) is 61.2 Å². The molecule has 1 aliphatic rings. The van der Waals surface area contributed by atoms with Crippen molar-refractivity contribution in [1.29, 1.82) is 5.26 Å². The first kappa shape index (κ1) is 15.3. The summed E-state index contributed by atoms with van der Waals surface area (Å²) in [5.41, 5.74) is 3.99. The number of hydrogen-bond donors (Lipinski definition) is 0. The van der Waals surface area contributed by atoms with E-state index in [1.165, 1.54) is 0 Å². The summed E-state index contributed by atoms with van der Waals surface area (Å²) in [6.45, 7) is 1.59. The fourth-order valence-corrected chi connectivity index (χ4v) is 3.24. The Balaban J connectivity index is 1.80. The Morgan fingerprint density at radius 3 is 2.68 bits per heavy atom. The lowest BCUT2D eigenvalue weighted by Gasteiger charge is -2.29. The van der Waals surface area contributed by atoms with Crippen molar-refractivity contribution in [2.24, 2.45) is 0 Å². The van der Waals surface area contributed by atoms with Crippen molar-refractivity contribution in [2.75, 3.05) is 25.1 Å².